The maximum Gasteiger partial charge on any atom is 0.282 e. The largest absolute Gasteiger partial charge is 0.494 e. The number of carbonyl (C=O) groups excluding carboxylic acids is 2. The molecule has 35 heavy (non-hydrogen) atoms. The number of hydrogen-bond acceptors (Lipinski definition) is 5. The number of nitrogens with zero attached hydrogens (tertiary/aromatic N) is 2. The standard InChI is InChI=1S/C29H29N3O3/c1-2-35-25-17-11-21(12-18-25)26-27(29(34)32(28(26)33)24-9-5-3-6-10-24)30-22-13-15-23(16-14-22)31-19-7-4-8-20-31/h3,5-6,9-18,30H,2,4,7-8,19-20H2,1H3. The first-order chi connectivity index (χ1) is 17.2. The summed E-state index contributed by atoms with van der Waals surface area (Å²) in [4.78, 5) is 30.7. The smallest absolute Gasteiger partial charge is 0.282 e. The Labute approximate surface area is 205 Å². The summed E-state index contributed by atoms with van der Waals surface area (Å²) in [5.41, 5.74) is 3.77. The van der Waals surface area contributed by atoms with Gasteiger partial charge in [-0.1, -0.05) is 30.3 Å². The fourth-order valence-corrected chi connectivity index (χ4v) is 4.66. The number of anilines is 3. The second kappa shape index (κ2) is 10.1. The normalized spacial score (nSPS) is 16.1. The average molecular weight is 468 g/mol. The fourth-order valence-electron chi connectivity index (χ4n) is 4.66. The Bertz CT molecular complexity index is 1230. The zero-order chi connectivity index (χ0) is 24.2. The summed E-state index contributed by atoms with van der Waals surface area (Å²) >= 11 is 0. The Kier molecular flexibility index (Phi) is 6.53. The van der Waals surface area contributed by atoms with Crippen LogP contribution in [0.2, 0.25) is 0 Å². The van der Waals surface area contributed by atoms with Crippen LogP contribution in [0.1, 0.15) is 31.7 Å². The van der Waals surface area contributed by atoms with Crippen LogP contribution in [-0.4, -0.2) is 31.5 Å². The van der Waals surface area contributed by atoms with Gasteiger partial charge in [-0.25, -0.2) is 4.90 Å². The van der Waals surface area contributed by atoms with Crippen molar-refractivity contribution in [3.63, 3.8) is 0 Å². The molecule has 0 radical (unpaired) electrons. The van der Waals surface area contributed by atoms with E-state index in [-0.39, 0.29) is 17.5 Å². The first-order valence-electron chi connectivity index (χ1n) is 12.2. The molecule has 0 atom stereocenters. The van der Waals surface area contributed by atoms with Crippen molar-refractivity contribution in [2.75, 3.05) is 34.8 Å². The maximum absolute atomic E-state index is 13.6. The van der Waals surface area contributed by atoms with E-state index in [4.69, 9.17) is 4.74 Å². The molecule has 0 spiro atoms. The van der Waals surface area contributed by atoms with Crippen LogP contribution in [0.15, 0.2) is 84.6 Å². The van der Waals surface area contributed by atoms with E-state index in [2.05, 4.69) is 22.3 Å². The Morgan fingerprint density at radius 1 is 0.771 bits per heavy atom. The molecule has 0 bridgehead atoms. The maximum atomic E-state index is 13.6. The third-order valence-corrected chi connectivity index (χ3v) is 6.41. The number of hydrogen-bond donors (Lipinski definition) is 1. The number of piperidine rings is 1. The lowest BCUT2D eigenvalue weighted by Gasteiger charge is -2.28. The van der Waals surface area contributed by atoms with Gasteiger partial charge in [0, 0.05) is 24.5 Å². The number of para-hydroxylation sites is 1. The zero-order valence-electron chi connectivity index (χ0n) is 19.9. The highest BCUT2D eigenvalue weighted by Crippen LogP contribution is 2.34. The molecule has 0 aliphatic carbocycles. The monoisotopic (exact) mass is 467 g/mol. The molecular formula is C29H29N3O3. The first kappa shape index (κ1) is 22.7. The second-order valence-corrected chi connectivity index (χ2v) is 8.71. The van der Waals surface area contributed by atoms with Crippen LogP contribution in [-0.2, 0) is 9.59 Å². The molecule has 1 saturated heterocycles. The quantitative estimate of drug-likeness (QED) is 0.467. The average Bonchev–Trinajstić information content (AvgIpc) is 3.15. The van der Waals surface area contributed by atoms with Gasteiger partial charge in [0.05, 0.1) is 17.9 Å². The van der Waals surface area contributed by atoms with Gasteiger partial charge in [-0.3, -0.25) is 9.59 Å². The molecule has 1 N–H and O–H groups in total. The van der Waals surface area contributed by atoms with Crippen molar-refractivity contribution in [1.82, 2.24) is 0 Å². The number of rotatable bonds is 7. The third-order valence-electron chi connectivity index (χ3n) is 6.41. The number of amides is 2. The molecule has 6 heteroatoms. The van der Waals surface area contributed by atoms with E-state index in [1.54, 1.807) is 12.1 Å². The molecule has 3 aromatic carbocycles. The minimum Gasteiger partial charge on any atom is -0.494 e. The van der Waals surface area contributed by atoms with Crippen molar-refractivity contribution < 1.29 is 14.3 Å². The van der Waals surface area contributed by atoms with E-state index in [0.29, 0.717) is 23.4 Å². The summed E-state index contributed by atoms with van der Waals surface area (Å²) in [6.07, 6.45) is 3.71. The molecule has 0 saturated carbocycles. The highest BCUT2D eigenvalue weighted by Gasteiger charge is 2.40. The molecule has 2 amide bonds. The molecule has 2 aliphatic rings. The van der Waals surface area contributed by atoms with Gasteiger partial charge in [-0.05, 0) is 80.3 Å². The topological polar surface area (TPSA) is 61.9 Å². The predicted molar refractivity (Wildman–Crippen MR) is 140 cm³/mol. The Morgan fingerprint density at radius 3 is 2.11 bits per heavy atom. The molecule has 2 heterocycles. The van der Waals surface area contributed by atoms with Crippen LogP contribution in [0, 0.1) is 0 Å². The van der Waals surface area contributed by atoms with Crippen LogP contribution in [0.4, 0.5) is 17.1 Å². The summed E-state index contributed by atoms with van der Waals surface area (Å²) in [5.74, 6) is -0.000614. The molecule has 6 nitrogen and oxygen atoms in total. The molecule has 2 aliphatic heterocycles. The summed E-state index contributed by atoms with van der Waals surface area (Å²) in [5, 5.41) is 3.26. The van der Waals surface area contributed by atoms with Gasteiger partial charge in [0.2, 0.25) is 0 Å². The van der Waals surface area contributed by atoms with Gasteiger partial charge in [-0.2, -0.15) is 0 Å². The van der Waals surface area contributed by atoms with Crippen molar-refractivity contribution in [3.05, 3.63) is 90.1 Å². The van der Waals surface area contributed by atoms with Gasteiger partial charge >= 0.3 is 0 Å². The summed E-state index contributed by atoms with van der Waals surface area (Å²) in [6, 6.07) is 24.4. The summed E-state index contributed by atoms with van der Waals surface area (Å²) in [6.45, 7) is 4.62. The highest BCUT2D eigenvalue weighted by molar-refractivity contribution is 6.46. The lowest BCUT2D eigenvalue weighted by molar-refractivity contribution is -0.120. The van der Waals surface area contributed by atoms with Crippen LogP contribution < -0.4 is 19.9 Å². The van der Waals surface area contributed by atoms with E-state index in [1.807, 2.05) is 61.5 Å². The molecular weight excluding hydrogens is 438 g/mol. The van der Waals surface area contributed by atoms with E-state index >= 15 is 0 Å². The minimum absolute atomic E-state index is 0.272. The minimum atomic E-state index is -0.370. The summed E-state index contributed by atoms with van der Waals surface area (Å²) in [7, 11) is 0. The van der Waals surface area contributed by atoms with Crippen molar-refractivity contribution in [2.24, 2.45) is 0 Å². The van der Waals surface area contributed by atoms with Gasteiger partial charge in [0.25, 0.3) is 11.8 Å². The third kappa shape index (κ3) is 4.64. The fraction of sp³-hybridized carbons (Fsp3) is 0.241. The molecule has 0 aromatic heterocycles. The lowest BCUT2D eigenvalue weighted by Crippen LogP contribution is -2.32. The van der Waals surface area contributed by atoms with Crippen LogP contribution >= 0.6 is 0 Å². The van der Waals surface area contributed by atoms with Crippen LogP contribution in [0.3, 0.4) is 0 Å². The molecule has 0 unspecified atom stereocenters. The van der Waals surface area contributed by atoms with E-state index in [1.165, 1.54) is 29.8 Å². The van der Waals surface area contributed by atoms with E-state index in [0.717, 1.165) is 24.5 Å². The van der Waals surface area contributed by atoms with Crippen LogP contribution in [0.25, 0.3) is 5.57 Å². The van der Waals surface area contributed by atoms with Crippen molar-refractivity contribution in [2.45, 2.75) is 26.2 Å². The van der Waals surface area contributed by atoms with E-state index < -0.39 is 0 Å². The number of nitrogens with one attached hydrogen (secondary N) is 1. The van der Waals surface area contributed by atoms with Gasteiger partial charge in [0.15, 0.2) is 0 Å². The zero-order valence-corrected chi connectivity index (χ0v) is 19.9. The van der Waals surface area contributed by atoms with Gasteiger partial charge in [0.1, 0.15) is 11.4 Å². The number of imide groups is 1. The number of carbonyl (C=O) groups is 2. The lowest BCUT2D eigenvalue weighted by atomic mass is 10.0. The van der Waals surface area contributed by atoms with Crippen molar-refractivity contribution >= 4 is 34.4 Å². The van der Waals surface area contributed by atoms with Crippen molar-refractivity contribution in [3.8, 4) is 5.75 Å². The summed E-state index contributed by atoms with van der Waals surface area (Å²) < 4.78 is 5.55. The molecule has 178 valence electrons. The van der Waals surface area contributed by atoms with Gasteiger partial charge in [-0.15, -0.1) is 0 Å². The van der Waals surface area contributed by atoms with Crippen molar-refractivity contribution in [1.29, 1.82) is 0 Å². The molecule has 5 rings (SSSR count). The molecule has 1 fully saturated rings. The SMILES string of the molecule is CCOc1ccc(C2=C(Nc3ccc(N4CCCCC4)cc3)C(=O)N(c3ccccc3)C2=O)cc1. The highest BCUT2D eigenvalue weighted by atomic mass is 16.5. The number of benzene rings is 3. The Hall–Kier alpha value is -4.06. The predicted octanol–water partition coefficient (Wildman–Crippen LogP) is 5.47. The molecule has 3 aromatic rings. The Balaban J connectivity index is 1.48. The second-order valence-electron chi connectivity index (χ2n) is 8.71. The van der Waals surface area contributed by atoms with Crippen LogP contribution in [0.5, 0.6) is 5.75 Å². The van der Waals surface area contributed by atoms with E-state index in [9.17, 15) is 9.59 Å². The van der Waals surface area contributed by atoms with Gasteiger partial charge < -0.3 is 15.0 Å². The Morgan fingerprint density at radius 2 is 1.46 bits per heavy atom. The first-order valence-corrected chi connectivity index (χ1v) is 12.2. The number of ether oxygens (including phenoxy) is 1.